The summed E-state index contributed by atoms with van der Waals surface area (Å²) >= 11 is 0. The maximum Gasteiger partial charge on any atom is 0.416 e. The van der Waals surface area contributed by atoms with Crippen molar-refractivity contribution in [3.8, 4) is 11.5 Å². The van der Waals surface area contributed by atoms with E-state index >= 15 is 0 Å². The number of hydrogen-bond donors (Lipinski definition) is 3. The molecule has 19 heteroatoms. The van der Waals surface area contributed by atoms with Gasteiger partial charge in [-0.15, -0.1) is 0 Å². The van der Waals surface area contributed by atoms with Crippen molar-refractivity contribution in [1.82, 2.24) is 30.0 Å². The van der Waals surface area contributed by atoms with Gasteiger partial charge in [0.15, 0.2) is 11.5 Å². The molecule has 64 heavy (non-hydrogen) atoms. The summed E-state index contributed by atoms with van der Waals surface area (Å²) in [4.78, 5) is 80.8. The second-order valence-corrected chi connectivity index (χ2v) is 17.2. The summed E-state index contributed by atoms with van der Waals surface area (Å²) < 4.78 is 52.8. The second kappa shape index (κ2) is 17.2. The van der Waals surface area contributed by atoms with E-state index in [1.54, 1.807) is 56.1 Å². The molecule has 0 radical (unpaired) electrons. The van der Waals surface area contributed by atoms with Crippen LogP contribution in [-0.2, 0) is 20.6 Å². The third kappa shape index (κ3) is 8.98. The second-order valence-electron chi connectivity index (χ2n) is 17.2. The molecule has 8 rings (SSSR count). The largest absolute Gasteiger partial charge is 0.493 e. The van der Waals surface area contributed by atoms with Gasteiger partial charge >= 0.3 is 6.18 Å². The van der Waals surface area contributed by atoms with Crippen LogP contribution < -0.4 is 30.7 Å². The summed E-state index contributed by atoms with van der Waals surface area (Å²) in [7, 11) is 3.32. The van der Waals surface area contributed by atoms with E-state index in [1.807, 2.05) is 4.90 Å². The SMILES string of the molecule is COc1cc2nc(C)nc(N[C@H](C)c3cc(N)cc(C(F)(F)F)c3)c2cc1OCC1(CN(C)C(=O)CCN2CCN(c3cccc4c3C(=O)N(C3CCC(=O)NC3=O)C4=O)CC2)CC1. The molecule has 4 N–H and O–H groups in total. The van der Waals surface area contributed by atoms with Crippen LogP contribution in [-0.4, -0.2) is 120 Å². The summed E-state index contributed by atoms with van der Waals surface area (Å²) in [5.41, 5.74) is 6.75. The van der Waals surface area contributed by atoms with Crippen LogP contribution >= 0.6 is 0 Å². The standard InChI is InChI=1S/C45H50F3N9O7/c1-25(27-18-28(45(46,47)48)20-29(49)19-27)50-40-31-21-36(35(63-4)22-32(31)51-26(2)52-40)64-24-44(11-12-44)23-54(3)38(59)10-13-55-14-16-56(17-15-55)33-7-5-6-30-39(33)43(62)57(42(30)61)34-8-9-37(58)53-41(34)60/h5-7,18-22,25,34H,8-17,23-24,49H2,1-4H3,(H,50,51,52)(H,53,58,60)/t25-,34?/m1/s1. The zero-order chi connectivity index (χ0) is 45.7. The molecule has 1 aliphatic carbocycles. The number of halogens is 3. The van der Waals surface area contributed by atoms with Gasteiger partial charge in [0.25, 0.3) is 11.8 Å². The molecule has 5 amide bonds. The molecule has 4 aromatic rings. The zero-order valence-corrected chi connectivity index (χ0v) is 36.0. The van der Waals surface area contributed by atoms with E-state index < -0.39 is 47.5 Å². The number of fused-ring (bicyclic) bond motifs is 2. The number of imide groups is 2. The number of nitrogens with one attached hydrogen (secondary N) is 2. The van der Waals surface area contributed by atoms with E-state index in [4.69, 9.17) is 15.2 Å². The van der Waals surface area contributed by atoms with Crippen molar-refractivity contribution in [3.63, 3.8) is 0 Å². The van der Waals surface area contributed by atoms with Gasteiger partial charge in [-0.25, -0.2) is 9.97 Å². The molecule has 0 bridgehead atoms. The zero-order valence-electron chi connectivity index (χ0n) is 36.0. The number of nitrogen functional groups attached to an aromatic ring is 1. The Balaban J connectivity index is 0.856. The van der Waals surface area contributed by atoms with E-state index in [9.17, 15) is 37.1 Å². The predicted molar refractivity (Wildman–Crippen MR) is 230 cm³/mol. The third-order valence-electron chi connectivity index (χ3n) is 12.5. The third-order valence-corrected chi connectivity index (χ3v) is 12.5. The minimum atomic E-state index is -4.56. The normalized spacial score (nSPS) is 19.1. The highest BCUT2D eigenvalue weighted by Gasteiger charge is 2.47. The Bertz CT molecular complexity index is 2540. The smallest absolute Gasteiger partial charge is 0.416 e. The van der Waals surface area contributed by atoms with E-state index in [2.05, 4.69) is 25.5 Å². The van der Waals surface area contributed by atoms with Gasteiger partial charge in [-0.05, 0) is 75.1 Å². The summed E-state index contributed by atoms with van der Waals surface area (Å²) in [6.45, 7) is 7.17. The van der Waals surface area contributed by atoms with Crippen LogP contribution in [0.15, 0.2) is 48.5 Å². The number of ether oxygens (including phenoxy) is 2. The topological polar surface area (TPSA) is 193 Å². The molecule has 16 nitrogen and oxygen atoms in total. The molecule has 3 aliphatic heterocycles. The molecule has 3 fully saturated rings. The molecule has 2 atom stereocenters. The molecular formula is C45H50F3N9O7. The van der Waals surface area contributed by atoms with Gasteiger partial charge in [-0.2, -0.15) is 13.2 Å². The highest BCUT2D eigenvalue weighted by molar-refractivity contribution is 6.25. The van der Waals surface area contributed by atoms with Gasteiger partial charge in [0.2, 0.25) is 17.7 Å². The van der Waals surface area contributed by atoms with Crippen molar-refractivity contribution in [2.45, 2.75) is 64.2 Å². The number of hydrogen-bond acceptors (Lipinski definition) is 13. The number of carbonyl (C=O) groups excluding carboxylic acids is 5. The number of methoxy groups -OCH3 is 1. The van der Waals surface area contributed by atoms with Gasteiger partial charge < -0.3 is 30.3 Å². The highest BCUT2D eigenvalue weighted by atomic mass is 19.4. The van der Waals surface area contributed by atoms with Crippen LogP contribution in [0.4, 0.5) is 30.4 Å². The lowest BCUT2D eigenvalue weighted by Gasteiger charge is -2.37. The maximum absolute atomic E-state index is 13.6. The fourth-order valence-electron chi connectivity index (χ4n) is 8.78. The number of piperazine rings is 1. The van der Waals surface area contributed by atoms with Crippen LogP contribution in [0, 0.1) is 12.3 Å². The molecule has 4 heterocycles. The number of carbonyl (C=O) groups is 5. The molecular weight excluding hydrogens is 836 g/mol. The van der Waals surface area contributed by atoms with E-state index in [-0.39, 0.29) is 41.0 Å². The lowest BCUT2D eigenvalue weighted by atomic mass is 10.0. The van der Waals surface area contributed by atoms with Crippen LogP contribution in [0.25, 0.3) is 10.9 Å². The summed E-state index contributed by atoms with van der Waals surface area (Å²) in [5, 5.41) is 6.05. The van der Waals surface area contributed by atoms with Gasteiger partial charge in [-0.3, -0.25) is 39.1 Å². The average Bonchev–Trinajstić information content (AvgIpc) is 3.97. The van der Waals surface area contributed by atoms with Gasteiger partial charge in [0.1, 0.15) is 17.7 Å². The molecule has 3 aromatic carbocycles. The number of aryl methyl sites for hydroxylation is 1. The molecule has 338 valence electrons. The monoisotopic (exact) mass is 885 g/mol. The number of anilines is 3. The fraction of sp³-hybridized carbons (Fsp3) is 0.444. The number of alkyl halides is 3. The lowest BCUT2D eigenvalue weighted by Crippen LogP contribution is -2.54. The summed E-state index contributed by atoms with van der Waals surface area (Å²) in [6, 6.07) is 10.4. The quantitative estimate of drug-likeness (QED) is 0.114. The van der Waals surface area contributed by atoms with Crippen LogP contribution in [0.2, 0.25) is 0 Å². The molecule has 1 saturated carbocycles. The predicted octanol–water partition coefficient (Wildman–Crippen LogP) is 4.95. The first-order chi connectivity index (χ1) is 30.4. The Morgan fingerprint density at radius 1 is 1.03 bits per heavy atom. The first kappa shape index (κ1) is 44.1. The fourth-order valence-corrected chi connectivity index (χ4v) is 8.78. The summed E-state index contributed by atoms with van der Waals surface area (Å²) in [5.74, 6) is -0.445. The van der Waals surface area contributed by atoms with Crippen molar-refractivity contribution in [3.05, 3.63) is 76.6 Å². The summed E-state index contributed by atoms with van der Waals surface area (Å²) in [6.07, 6.45) is -2.40. The Morgan fingerprint density at radius 3 is 2.47 bits per heavy atom. The highest BCUT2D eigenvalue weighted by Crippen LogP contribution is 2.47. The van der Waals surface area contributed by atoms with Crippen molar-refractivity contribution < 1.29 is 46.6 Å². The van der Waals surface area contributed by atoms with E-state index in [1.165, 1.54) is 13.2 Å². The van der Waals surface area contributed by atoms with Crippen molar-refractivity contribution in [1.29, 1.82) is 0 Å². The van der Waals surface area contributed by atoms with Gasteiger partial charge in [0, 0.05) is 81.7 Å². The van der Waals surface area contributed by atoms with E-state index in [0.29, 0.717) is 97.6 Å². The van der Waals surface area contributed by atoms with Crippen LogP contribution in [0.5, 0.6) is 11.5 Å². The Labute approximate surface area is 367 Å². The maximum atomic E-state index is 13.6. The first-order valence-corrected chi connectivity index (χ1v) is 21.2. The lowest BCUT2D eigenvalue weighted by molar-refractivity contribution is -0.138. The van der Waals surface area contributed by atoms with E-state index in [0.717, 1.165) is 29.9 Å². The van der Waals surface area contributed by atoms with Gasteiger partial charge in [0.05, 0.1) is 47.7 Å². The molecule has 4 aliphatic rings. The van der Waals surface area contributed by atoms with Crippen molar-refractivity contribution >= 4 is 57.6 Å². The van der Waals surface area contributed by atoms with Crippen molar-refractivity contribution in [2.75, 3.05) is 76.0 Å². The number of amides is 5. The molecule has 2 saturated heterocycles. The number of benzene rings is 3. The van der Waals surface area contributed by atoms with Crippen LogP contribution in [0.3, 0.4) is 0 Å². The van der Waals surface area contributed by atoms with Gasteiger partial charge in [-0.1, -0.05) is 6.07 Å². The minimum Gasteiger partial charge on any atom is -0.493 e. The number of rotatable bonds is 14. The Hall–Kier alpha value is -6.50. The molecule has 1 aromatic heterocycles. The van der Waals surface area contributed by atoms with Crippen LogP contribution in [0.1, 0.15) is 82.7 Å². The Morgan fingerprint density at radius 2 is 1.78 bits per heavy atom. The minimum absolute atomic E-state index is 0.00401. The molecule has 1 unspecified atom stereocenters. The average molecular weight is 886 g/mol. The number of nitrogens with two attached hydrogens (primary N) is 1. The Kier molecular flexibility index (Phi) is 11.9. The number of nitrogens with zero attached hydrogens (tertiary/aromatic N) is 6. The number of piperidine rings is 1. The molecule has 0 spiro atoms. The number of aromatic nitrogens is 2. The van der Waals surface area contributed by atoms with Crippen molar-refractivity contribution in [2.24, 2.45) is 5.41 Å². The first-order valence-electron chi connectivity index (χ1n) is 21.2.